The molecule has 0 aromatic heterocycles. The molecule has 4 nitrogen and oxygen atoms in total. The Morgan fingerprint density at radius 3 is 2.52 bits per heavy atom. The van der Waals surface area contributed by atoms with Crippen LogP contribution in [-0.2, 0) is 4.79 Å². The fourth-order valence-corrected chi connectivity index (χ4v) is 1.68. The topological polar surface area (TPSA) is 55.4 Å². The Hall–Kier alpha value is -2.69. The number of benzene rings is 2. The molecule has 0 spiro atoms. The molecular formula is C16H14FNO3. The average Bonchev–Trinajstić information content (AvgIpc) is 2.48. The van der Waals surface area contributed by atoms with E-state index in [1.165, 1.54) is 31.2 Å². The minimum atomic E-state index is -0.370. The van der Waals surface area contributed by atoms with E-state index >= 15 is 0 Å². The fraction of sp³-hybridized carbons (Fsp3) is 0.125. The van der Waals surface area contributed by atoms with Gasteiger partial charge in [0.1, 0.15) is 11.6 Å². The molecule has 0 heterocycles. The van der Waals surface area contributed by atoms with Gasteiger partial charge in [0.15, 0.2) is 12.4 Å². The van der Waals surface area contributed by atoms with Crippen LogP contribution in [0, 0.1) is 5.82 Å². The van der Waals surface area contributed by atoms with E-state index in [9.17, 15) is 14.0 Å². The highest BCUT2D eigenvalue weighted by Gasteiger charge is 2.05. The molecule has 0 fully saturated rings. The van der Waals surface area contributed by atoms with Gasteiger partial charge in [0.25, 0.3) is 5.91 Å². The highest BCUT2D eigenvalue weighted by atomic mass is 19.1. The Balaban J connectivity index is 1.90. The number of ketones is 1. The van der Waals surface area contributed by atoms with Crippen molar-refractivity contribution < 1.29 is 18.7 Å². The number of carbonyl (C=O) groups is 2. The first-order chi connectivity index (χ1) is 10.0. The molecule has 0 radical (unpaired) electrons. The van der Waals surface area contributed by atoms with Crippen LogP contribution in [0.3, 0.4) is 0 Å². The lowest BCUT2D eigenvalue weighted by molar-refractivity contribution is -0.118. The van der Waals surface area contributed by atoms with Gasteiger partial charge in [-0.15, -0.1) is 0 Å². The lowest BCUT2D eigenvalue weighted by atomic mass is 10.1. The van der Waals surface area contributed by atoms with Gasteiger partial charge in [-0.25, -0.2) is 4.39 Å². The van der Waals surface area contributed by atoms with Crippen LogP contribution >= 0.6 is 0 Å². The van der Waals surface area contributed by atoms with Crippen molar-refractivity contribution in [2.75, 3.05) is 11.9 Å². The molecule has 1 amide bonds. The number of nitrogens with one attached hydrogen (secondary N) is 1. The number of amides is 1. The number of ether oxygens (including phenoxy) is 1. The minimum Gasteiger partial charge on any atom is -0.484 e. The zero-order valence-corrected chi connectivity index (χ0v) is 11.4. The number of hydrogen-bond acceptors (Lipinski definition) is 3. The quantitative estimate of drug-likeness (QED) is 0.860. The Morgan fingerprint density at radius 2 is 1.86 bits per heavy atom. The van der Waals surface area contributed by atoms with E-state index in [0.717, 1.165) is 0 Å². The first kappa shape index (κ1) is 14.7. The highest BCUT2D eigenvalue weighted by molar-refractivity contribution is 5.94. The third-order valence-electron chi connectivity index (χ3n) is 2.74. The number of halogens is 1. The smallest absolute Gasteiger partial charge is 0.262 e. The predicted octanol–water partition coefficient (Wildman–Crippen LogP) is 3.05. The molecule has 0 saturated heterocycles. The van der Waals surface area contributed by atoms with E-state index in [1.54, 1.807) is 24.3 Å². The number of Topliss-reactive ketones (excluding diaryl/α,β-unsaturated/α-hetero) is 1. The summed E-state index contributed by atoms with van der Waals surface area (Å²) >= 11 is 0. The third-order valence-corrected chi connectivity index (χ3v) is 2.74. The second-order valence-electron chi connectivity index (χ2n) is 4.43. The van der Waals surface area contributed by atoms with Crippen LogP contribution in [0.15, 0.2) is 48.5 Å². The molecule has 0 unspecified atom stereocenters. The van der Waals surface area contributed by atoms with Gasteiger partial charge < -0.3 is 10.1 Å². The zero-order valence-electron chi connectivity index (χ0n) is 11.4. The highest BCUT2D eigenvalue weighted by Crippen LogP contribution is 2.14. The van der Waals surface area contributed by atoms with Gasteiger partial charge in [-0.05, 0) is 43.3 Å². The van der Waals surface area contributed by atoms with E-state index < -0.39 is 0 Å². The summed E-state index contributed by atoms with van der Waals surface area (Å²) in [6, 6.07) is 12.0. The number of carbonyl (C=O) groups excluding carboxylic acids is 2. The van der Waals surface area contributed by atoms with Gasteiger partial charge in [-0.3, -0.25) is 9.59 Å². The maximum Gasteiger partial charge on any atom is 0.262 e. The maximum absolute atomic E-state index is 12.7. The van der Waals surface area contributed by atoms with Gasteiger partial charge in [-0.2, -0.15) is 0 Å². The van der Waals surface area contributed by atoms with Crippen LogP contribution < -0.4 is 10.1 Å². The molecule has 1 N–H and O–H groups in total. The summed E-state index contributed by atoms with van der Waals surface area (Å²) in [5.74, 6) is -0.367. The van der Waals surface area contributed by atoms with Crippen LogP contribution in [-0.4, -0.2) is 18.3 Å². The minimum absolute atomic E-state index is 0.0730. The number of rotatable bonds is 5. The van der Waals surface area contributed by atoms with E-state index in [0.29, 0.717) is 17.0 Å². The lowest BCUT2D eigenvalue weighted by Gasteiger charge is -2.08. The Morgan fingerprint density at radius 1 is 1.14 bits per heavy atom. The molecule has 21 heavy (non-hydrogen) atoms. The third kappa shape index (κ3) is 4.42. The normalized spacial score (nSPS) is 10.0. The maximum atomic E-state index is 12.7. The fourth-order valence-electron chi connectivity index (χ4n) is 1.68. The Labute approximate surface area is 121 Å². The SMILES string of the molecule is CC(=O)c1cccc(OCC(=O)Nc2ccc(F)cc2)c1. The predicted molar refractivity (Wildman–Crippen MR) is 77.0 cm³/mol. The second kappa shape index (κ2) is 6.65. The summed E-state index contributed by atoms with van der Waals surface area (Å²) < 4.78 is 18.0. The number of anilines is 1. The van der Waals surface area contributed by atoms with Gasteiger partial charge in [0, 0.05) is 11.3 Å². The largest absolute Gasteiger partial charge is 0.484 e. The van der Waals surface area contributed by atoms with Gasteiger partial charge in [-0.1, -0.05) is 12.1 Å². The van der Waals surface area contributed by atoms with Crippen LogP contribution in [0.4, 0.5) is 10.1 Å². The molecule has 0 saturated carbocycles. The number of hydrogen-bond donors (Lipinski definition) is 1. The van der Waals surface area contributed by atoms with Gasteiger partial charge in [0.2, 0.25) is 0 Å². The first-order valence-electron chi connectivity index (χ1n) is 6.34. The molecule has 2 aromatic carbocycles. The van der Waals surface area contributed by atoms with Crippen molar-refractivity contribution in [1.82, 2.24) is 0 Å². The molecule has 0 aliphatic heterocycles. The molecular weight excluding hydrogens is 273 g/mol. The first-order valence-corrected chi connectivity index (χ1v) is 6.34. The molecule has 0 aliphatic carbocycles. The molecule has 2 aromatic rings. The summed E-state index contributed by atoms with van der Waals surface area (Å²) in [4.78, 5) is 22.9. The van der Waals surface area contributed by atoms with Crippen molar-refractivity contribution in [2.24, 2.45) is 0 Å². The summed E-state index contributed by atoms with van der Waals surface area (Å²) in [5, 5.41) is 2.58. The zero-order chi connectivity index (χ0) is 15.2. The van der Waals surface area contributed by atoms with E-state index in [-0.39, 0.29) is 24.1 Å². The standard InChI is InChI=1S/C16H14FNO3/c1-11(19)12-3-2-4-15(9-12)21-10-16(20)18-14-7-5-13(17)6-8-14/h2-9H,10H2,1H3,(H,18,20). The molecule has 5 heteroatoms. The van der Waals surface area contributed by atoms with E-state index in [2.05, 4.69) is 5.32 Å². The van der Waals surface area contributed by atoms with Crippen molar-refractivity contribution in [2.45, 2.75) is 6.92 Å². The molecule has 2 rings (SSSR count). The molecule has 0 aliphatic rings. The van der Waals surface area contributed by atoms with Crippen LogP contribution in [0.5, 0.6) is 5.75 Å². The van der Waals surface area contributed by atoms with E-state index in [4.69, 9.17) is 4.74 Å². The average molecular weight is 287 g/mol. The van der Waals surface area contributed by atoms with Gasteiger partial charge >= 0.3 is 0 Å². The summed E-state index contributed by atoms with van der Waals surface area (Å²) in [5.41, 5.74) is 1.01. The second-order valence-corrected chi connectivity index (χ2v) is 4.43. The molecule has 108 valence electrons. The van der Waals surface area contributed by atoms with Crippen LogP contribution in [0.2, 0.25) is 0 Å². The lowest BCUT2D eigenvalue weighted by Crippen LogP contribution is -2.20. The van der Waals surface area contributed by atoms with Crippen molar-refractivity contribution in [3.63, 3.8) is 0 Å². The van der Waals surface area contributed by atoms with E-state index in [1.807, 2.05) is 0 Å². The van der Waals surface area contributed by atoms with Crippen LogP contribution in [0.1, 0.15) is 17.3 Å². The Bertz CT molecular complexity index is 653. The molecule has 0 atom stereocenters. The summed E-state index contributed by atoms with van der Waals surface area (Å²) in [6.45, 7) is 1.26. The summed E-state index contributed by atoms with van der Waals surface area (Å²) in [6.07, 6.45) is 0. The molecule has 0 bridgehead atoms. The van der Waals surface area contributed by atoms with Gasteiger partial charge in [0.05, 0.1) is 0 Å². The van der Waals surface area contributed by atoms with Crippen molar-refractivity contribution in [1.29, 1.82) is 0 Å². The Kier molecular flexibility index (Phi) is 4.66. The van der Waals surface area contributed by atoms with Crippen LogP contribution in [0.25, 0.3) is 0 Å². The van der Waals surface area contributed by atoms with Crippen molar-refractivity contribution in [3.05, 3.63) is 59.9 Å². The van der Waals surface area contributed by atoms with Crippen molar-refractivity contribution in [3.8, 4) is 5.75 Å². The summed E-state index contributed by atoms with van der Waals surface area (Å²) in [7, 11) is 0. The van der Waals surface area contributed by atoms with Crippen molar-refractivity contribution >= 4 is 17.4 Å². The monoisotopic (exact) mass is 287 g/mol.